The third-order valence-corrected chi connectivity index (χ3v) is 19.1. The van der Waals surface area contributed by atoms with Crippen LogP contribution in [0.1, 0.15) is 77.7 Å². The molecule has 1 unspecified atom stereocenters. The lowest BCUT2D eigenvalue weighted by molar-refractivity contribution is 0.0325. The Balaban J connectivity index is 1.40. The number of hydrogen-bond donors (Lipinski definition) is 0. The highest BCUT2D eigenvalue weighted by atomic mass is 35.5. The predicted octanol–water partition coefficient (Wildman–Crippen LogP) is 8.96. The highest BCUT2D eigenvalue weighted by Crippen LogP contribution is 2.53. The average molecular weight is 692 g/mol. The minimum Gasteiger partial charge on any atom is -0.412 e. The molecule has 6 nitrogen and oxygen atoms in total. The van der Waals surface area contributed by atoms with Crippen LogP contribution >= 0.6 is 22.9 Å². The van der Waals surface area contributed by atoms with Gasteiger partial charge in [-0.15, -0.1) is 11.3 Å². The Hall–Kier alpha value is -1.56. The zero-order valence-electron chi connectivity index (χ0n) is 27.8. The quantitative estimate of drug-likeness (QED) is 0.242. The number of aryl methyl sites for hydroxylation is 1. The topological polar surface area (TPSA) is 62.7 Å². The summed E-state index contributed by atoms with van der Waals surface area (Å²) in [6, 6.07) is 8.28. The number of pyridine rings is 1. The van der Waals surface area contributed by atoms with E-state index in [1.54, 1.807) is 36.4 Å². The molecule has 3 aliphatic rings. The van der Waals surface area contributed by atoms with Gasteiger partial charge in [-0.3, -0.25) is 4.98 Å². The molecule has 1 saturated heterocycles. The maximum absolute atomic E-state index is 14.5. The van der Waals surface area contributed by atoms with E-state index in [4.69, 9.17) is 21.0 Å². The lowest BCUT2D eigenvalue weighted by Gasteiger charge is -2.48. The molecule has 246 valence electrons. The molecule has 0 N–H and O–H groups in total. The SMILES string of the molecule is CC(C)(C)[Si](C)(C)OCc1cc2nccc(-c3cc(Cl)cc4c3N(C3CN(S(=O)(=O)C(C)(C)C)C5(CC(F)C5)C3)CCC4)c2s1. The van der Waals surface area contributed by atoms with Gasteiger partial charge in [0.25, 0.3) is 0 Å². The van der Waals surface area contributed by atoms with Crippen molar-refractivity contribution >= 4 is 57.2 Å². The minimum absolute atomic E-state index is 0.0530. The molecule has 0 amide bonds. The molecule has 1 aromatic carbocycles. The second-order valence-electron chi connectivity index (χ2n) is 15.8. The number of aromatic nitrogens is 1. The van der Waals surface area contributed by atoms with E-state index in [2.05, 4.69) is 57.0 Å². The van der Waals surface area contributed by atoms with Gasteiger partial charge in [-0.2, -0.15) is 4.31 Å². The van der Waals surface area contributed by atoms with Gasteiger partial charge in [0.2, 0.25) is 10.0 Å². The van der Waals surface area contributed by atoms with Crippen LogP contribution in [0.2, 0.25) is 23.2 Å². The average Bonchev–Trinajstić information content (AvgIpc) is 3.52. The van der Waals surface area contributed by atoms with E-state index in [1.165, 1.54) is 5.56 Å². The van der Waals surface area contributed by atoms with Crippen molar-refractivity contribution in [1.82, 2.24) is 9.29 Å². The maximum atomic E-state index is 14.5. The van der Waals surface area contributed by atoms with Gasteiger partial charge in [0.1, 0.15) is 6.17 Å². The third-order valence-electron chi connectivity index (χ3n) is 10.6. The molecule has 11 heteroatoms. The van der Waals surface area contributed by atoms with Crippen LogP contribution in [0.25, 0.3) is 21.3 Å². The molecule has 4 heterocycles. The number of anilines is 1. The van der Waals surface area contributed by atoms with Crippen LogP contribution in [-0.4, -0.2) is 61.6 Å². The van der Waals surface area contributed by atoms with Crippen molar-refractivity contribution in [2.75, 3.05) is 18.0 Å². The Morgan fingerprint density at radius 1 is 1.11 bits per heavy atom. The molecule has 1 aliphatic carbocycles. The normalized spacial score (nSPS) is 24.8. The van der Waals surface area contributed by atoms with E-state index < -0.39 is 34.8 Å². The lowest BCUT2D eigenvalue weighted by Crippen LogP contribution is -2.59. The zero-order chi connectivity index (χ0) is 32.7. The Labute approximate surface area is 278 Å². The second kappa shape index (κ2) is 11.3. The molecule has 0 radical (unpaired) electrons. The summed E-state index contributed by atoms with van der Waals surface area (Å²) in [5.41, 5.74) is 4.71. The van der Waals surface area contributed by atoms with Crippen LogP contribution in [0.15, 0.2) is 30.5 Å². The fourth-order valence-corrected chi connectivity index (χ4v) is 11.2. The summed E-state index contributed by atoms with van der Waals surface area (Å²) in [7, 11) is -5.55. The van der Waals surface area contributed by atoms with E-state index in [0.29, 0.717) is 24.6 Å². The fraction of sp³-hybridized carbons (Fsp3) is 0.618. The number of thiophene rings is 1. The standard InChI is InChI=1S/C34H47ClFN3O3S2Si/c1-32(2,3)44(40,41)39-20-25(19-34(39)17-24(36)18-34)38-13-9-10-22-14-23(35)15-28(30(22)38)27-11-12-37-29-16-26(43-31(27)29)21-42-45(7,8)33(4,5)6/h11-12,14-16,24-25H,9-10,13,17-21H2,1-8H3. The van der Waals surface area contributed by atoms with Crippen molar-refractivity contribution in [1.29, 1.82) is 0 Å². The first kappa shape index (κ1) is 33.3. The van der Waals surface area contributed by atoms with Crippen LogP contribution in [0.3, 0.4) is 0 Å². The Kier molecular flexibility index (Phi) is 8.34. The molecule has 45 heavy (non-hydrogen) atoms. The Morgan fingerprint density at radius 2 is 1.82 bits per heavy atom. The lowest BCUT2D eigenvalue weighted by atomic mass is 9.73. The van der Waals surface area contributed by atoms with Crippen LogP contribution in [-0.2, 0) is 27.5 Å². The molecule has 1 spiro atoms. The first-order valence-electron chi connectivity index (χ1n) is 16.1. The Bertz CT molecular complexity index is 1720. The molecular weight excluding hydrogens is 645 g/mol. The van der Waals surface area contributed by atoms with Gasteiger partial charge in [0.05, 0.1) is 21.6 Å². The molecule has 0 bridgehead atoms. The van der Waals surface area contributed by atoms with Gasteiger partial charge >= 0.3 is 0 Å². The predicted molar refractivity (Wildman–Crippen MR) is 188 cm³/mol. The number of hydrogen-bond acceptors (Lipinski definition) is 6. The van der Waals surface area contributed by atoms with Gasteiger partial charge in [-0.25, -0.2) is 12.8 Å². The second-order valence-corrected chi connectivity index (χ2v) is 24.8. The number of halogens is 2. The minimum atomic E-state index is -3.63. The van der Waals surface area contributed by atoms with Crippen molar-refractivity contribution in [3.8, 4) is 11.1 Å². The summed E-state index contributed by atoms with van der Waals surface area (Å²) in [5.74, 6) is 0. The molecule has 2 fully saturated rings. The van der Waals surface area contributed by atoms with Gasteiger partial charge in [0, 0.05) is 57.6 Å². The Morgan fingerprint density at radius 3 is 2.47 bits per heavy atom. The van der Waals surface area contributed by atoms with E-state index in [0.717, 1.165) is 51.3 Å². The molecule has 1 saturated carbocycles. The number of nitrogens with zero attached hydrogens (tertiary/aromatic N) is 3. The summed E-state index contributed by atoms with van der Waals surface area (Å²) in [4.78, 5) is 8.29. The summed E-state index contributed by atoms with van der Waals surface area (Å²) in [6.45, 7) is 18.3. The van der Waals surface area contributed by atoms with Crippen molar-refractivity contribution in [3.63, 3.8) is 0 Å². The van der Waals surface area contributed by atoms with Crippen molar-refractivity contribution in [2.24, 2.45) is 0 Å². The largest absolute Gasteiger partial charge is 0.412 e. The molecule has 6 rings (SSSR count). The van der Waals surface area contributed by atoms with Crippen LogP contribution in [0.4, 0.5) is 10.1 Å². The van der Waals surface area contributed by atoms with E-state index in [1.807, 2.05) is 12.3 Å². The number of alkyl halides is 1. The summed E-state index contributed by atoms with van der Waals surface area (Å²) < 4.78 is 50.6. The number of sulfonamides is 1. The van der Waals surface area contributed by atoms with Crippen LogP contribution < -0.4 is 4.90 Å². The fourth-order valence-electron chi connectivity index (χ4n) is 7.06. The van der Waals surface area contributed by atoms with E-state index in [-0.39, 0.29) is 23.9 Å². The maximum Gasteiger partial charge on any atom is 0.219 e. The van der Waals surface area contributed by atoms with Crippen LogP contribution in [0, 0.1) is 0 Å². The number of benzene rings is 1. The zero-order valence-corrected chi connectivity index (χ0v) is 31.2. The first-order valence-corrected chi connectivity index (χ1v) is 21.6. The highest BCUT2D eigenvalue weighted by molar-refractivity contribution is 7.90. The third kappa shape index (κ3) is 5.79. The van der Waals surface area contributed by atoms with E-state index in [9.17, 15) is 12.8 Å². The number of rotatable bonds is 6. The van der Waals surface area contributed by atoms with Gasteiger partial charge in [-0.1, -0.05) is 32.4 Å². The highest BCUT2D eigenvalue weighted by Gasteiger charge is 2.61. The monoisotopic (exact) mass is 691 g/mol. The van der Waals surface area contributed by atoms with Crippen molar-refractivity contribution in [3.05, 3.63) is 45.9 Å². The first-order chi connectivity index (χ1) is 20.8. The van der Waals surface area contributed by atoms with Gasteiger partial charge in [-0.05, 0) is 101 Å². The molecule has 1 atom stereocenters. The van der Waals surface area contributed by atoms with Gasteiger partial charge < -0.3 is 9.33 Å². The van der Waals surface area contributed by atoms with Crippen molar-refractivity contribution in [2.45, 2.75) is 121 Å². The molecule has 3 aromatic rings. The molecular formula is C34H47ClFN3O3S2Si. The smallest absolute Gasteiger partial charge is 0.219 e. The summed E-state index contributed by atoms with van der Waals surface area (Å²) >= 11 is 8.51. The number of fused-ring (bicyclic) bond motifs is 2. The van der Waals surface area contributed by atoms with E-state index >= 15 is 0 Å². The summed E-state index contributed by atoms with van der Waals surface area (Å²) in [5, 5.41) is 0.814. The summed E-state index contributed by atoms with van der Waals surface area (Å²) in [6.07, 6.45) is 3.93. The molecule has 2 aromatic heterocycles. The van der Waals surface area contributed by atoms with Crippen LogP contribution in [0.5, 0.6) is 0 Å². The van der Waals surface area contributed by atoms with Crippen molar-refractivity contribution < 1.29 is 17.2 Å². The molecule has 2 aliphatic heterocycles. The van der Waals surface area contributed by atoms with Gasteiger partial charge in [0.15, 0.2) is 8.32 Å².